The Morgan fingerprint density at radius 3 is 2.72 bits per heavy atom. The van der Waals surface area contributed by atoms with Crippen molar-refractivity contribution >= 4 is 11.6 Å². The van der Waals surface area contributed by atoms with Gasteiger partial charge in [-0.25, -0.2) is 9.07 Å². The molecule has 7 heteroatoms. The first kappa shape index (κ1) is 21.4. The van der Waals surface area contributed by atoms with Crippen LogP contribution in [0.4, 0.5) is 10.1 Å². The number of nitrogens with one attached hydrogen (secondary N) is 1. The summed E-state index contributed by atoms with van der Waals surface area (Å²) in [7, 11) is 0. The van der Waals surface area contributed by atoms with Crippen LogP contribution in [0.3, 0.4) is 0 Å². The van der Waals surface area contributed by atoms with Crippen LogP contribution in [0.25, 0.3) is 5.69 Å². The highest BCUT2D eigenvalue weighted by Gasteiger charge is 2.34. The number of ether oxygens (including phenoxy) is 1. The topological polar surface area (TPSA) is 82.2 Å². The number of carbonyl (C=O) groups is 1. The van der Waals surface area contributed by atoms with Crippen molar-refractivity contribution in [3.05, 3.63) is 40.5 Å². The Morgan fingerprint density at radius 1 is 1.28 bits per heavy atom. The minimum Gasteiger partial charge on any atom is -0.381 e. The molecule has 1 saturated carbocycles. The Balaban J connectivity index is 1.59. The number of nitrogens with zero attached hydrogens (tertiary/aromatic N) is 2. The number of primary amides is 1. The SMILES string of the molecule is CC1(C)CCc2c(CC3CC3)nn(-c3ccc(C(N)=O)c(NC4CCOCC4)c3F)c2C1. The van der Waals surface area contributed by atoms with Crippen LogP contribution >= 0.6 is 0 Å². The smallest absolute Gasteiger partial charge is 0.250 e. The van der Waals surface area contributed by atoms with Gasteiger partial charge in [0, 0.05) is 24.9 Å². The van der Waals surface area contributed by atoms with Crippen molar-refractivity contribution in [1.29, 1.82) is 0 Å². The summed E-state index contributed by atoms with van der Waals surface area (Å²) in [6.07, 6.45) is 7.98. The highest BCUT2D eigenvalue weighted by atomic mass is 19.1. The van der Waals surface area contributed by atoms with Crippen molar-refractivity contribution in [3.63, 3.8) is 0 Å². The van der Waals surface area contributed by atoms with E-state index in [0.717, 1.165) is 49.9 Å². The summed E-state index contributed by atoms with van der Waals surface area (Å²) in [5.41, 5.74) is 10.0. The quantitative estimate of drug-likeness (QED) is 0.706. The number of halogens is 1. The van der Waals surface area contributed by atoms with Crippen molar-refractivity contribution < 1.29 is 13.9 Å². The highest BCUT2D eigenvalue weighted by Crippen LogP contribution is 2.41. The summed E-state index contributed by atoms with van der Waals surface area (Å²) in [6.45, 7) is 5.77. The van der Waals surface area contributed by atoms with Crippen LogP contribution in [0.15, 0.2) is 12.1 Å². The molecular formula is C25H33FN4O2. The minimum absolute atomic E-state index is 0.0440. The third kappa shape index (κ3) is 4.15. The molecule has 172 valence electrons. The molecule has 1 saturated heterocycles. The Kier molecular flexibility index (Phi) is 5.48. The average Bonchev–Trinajstić information content (AvgIpc) is 3.50. The largest absolute Gasteiger partial charge is 0.381 e. The van der Waals surface area contributed by atoms with Gasteiger partial charge in [0.2, 0.25) is 0 Å². The van der Waals surface area contributed by atoms with Crippen molar-refractivity contribution in [3.8, 4) is 5.69 Å². The Labute approximate surface area is 188 Å². The number of nitrogens with two attached hydrogens (primary N) is 1. The van der Waals surface area contributed by atoms with Gasteiger partial charge in [0.25, 0.3) is 5.91 Å². The molecule has 0 radical (unpaired) electrons. The van der Waals surface area contributed by atoms with Gasteiger partial charge in [-0.05, 0) is 80.4 Å². The molecule has 6 nitrogen and oxygen atoms in total. The second-order valence-corrected chi connectivity index (χ2v) is 10.5. The van der Waals surface area contributed by atoms with E-state index in [1.807, 2.05) is 4.68 Å². The van der Waals surface area contributed by atoms with Gasteiger partial charge in [0.15, 0.2) is 5.82 Å². The van der Waals surface area contributed by atoms with Crippen molar-refractivity contribution in [2.45, 2.75) is 71.3 Å². The van der Waals surface area contributed by atoms with Crippen LogP contribution in [0.2, 0.25) is 0 Å². The molecule has 0 bridgehead atoms. The van der Waals surface area contributed by atoms with E-state index in [9.17, 15) is 4.79 Å². The van der Waals surface area contributed by atoms with E-state index in [0.29, 0.717) is 24.8 Å². The Hall–Kier alpha value is -2.41. The van der Waals surface area contributed by atoms with E-state index in [2.05, 4.69) is 19.2 Å². The number of aromatic nitrogens is 2. The van der Waals surface area contributed by atoms with Gasteiger partial charge >= 0.3 is 0 Å². The third-order valence-electron chi connectivity index (χ3n) is 7.23. The van der Waals surface area contributed by atoms with Crippen molar-refractivity contribution in [2.24, 2.45) is 17.1 Å². The van der Waals surface area contributed by atoms with Gasteiger partial charge in [-0.1, -0.05) is 13.8 Å². The maximum absolute atomic E-state index is 16.0. The lowest BCUT2D eigenvalue weighted by Gasteiger charge is -2.30. The van der Waals surface area contributed by atoms with E-state index in [4.69, 9.17) is 15.6 Å². The summed E-state index contributed by atoms with van der Waals surface area (Å²) in [5, 5.41) is 8.20. The zero-order chi connectivity index (χ0) is 22.5. The van der Waals surface area contributed by atoms with Crippen molar-refractivity contribution in [1.82, 2.24) is 9.78 Å². The second-order valence-electron chi connectivity index (χ2n) is 10.5. The molecule has 2 aliphatic carbocycles. The fourth-order valence-electron chi connectivity index (χ4n) is 5.09. The zero-order valence-corrected chi connectivity index (χ0v) is 19.0. The zero-order valence-electron chi connectivity index (χ0n) is 19.0. The molecule has 3 N–H and O–H groups in total. The van der Waals surface area contributed by atoms with Crippen LogP contribution < -0.4 is 11.1 Å². The van der Waals surface area contributed by atoms with E-state index < -0.39 is 11.7 Å². The van der Waals surface area contributed by atoms with E-state index in [-0.39, 0.29) is 22.7 Å². The fourth-order valence-corrected chi connectivity index (χ4v) is 5.09. The van der Waals surface area contributed by atoms with Gasteiger partial charge < -0.3 is 15.8 Å². The summed E-state index contributed by atoms with van der Waals surface area (Å²) in [4.78, 5) is 12.1. The highest BCUT2D eigenvalue weighted by molar-refractivity contribution is 5.99. The summed E-state index contributed by atoms with van der Waals surface area (Å²) >= 11 is 0. The minimum atomic E-state index is -0.636. The number of carbonyl (C=O) groups excluding carboxylic acids is 1. The van der Waals surface area contributed by atoms with Crippen molar-refractivity contribution in [2.75, 3.05) is 18.5 Å². The van der Waals surface area contributed by atoms with Crippen LogP contribution in [0.5, 0.6) is 0 Å². The van der Waals surface area contributed by atoms with Crippen LogP contribution in [-0.2, 0) is 24.0 Å². The van der Waals surface area contributed by atoms with Gasteiger partial charge in [-0.15, -0.1) is 0 Å². The molecule has 0 unspecified atom stereocenters. The lowest BCUT2D eigenvalue weighted by atomic mass is 9.76. The molecule has 3 aliphatic rings. The molecule has 32 heavy (non-hydrogen) atoms. The molecule has 2 aromatic rings. The molecular weight excluding hydrogens is 407 g/mol. The third-order valence-corrected chi connectivity index (χ3v) is 7.23. The first-order chi connectivity index (χ1) is 15.3. The predicted molar refractivity (Wildman–Crippen MR) is 122 cm³/mol. The molecule has 2 fully saturated rings. The molecule has 1 aromatic heterocycles. The molecule has 1 aliphatic heterocycles. The Morgan fingerprint density at radius 2 is 2.03 bits per heavy atom. The first-order valence-electron chi connectivity index (χ1n) is 11.9. The number of anilines is 1. The number of hydrogen-bond donors (Lipinski definition) is 2. The number of fused-ring (bicyclic) bond motifs is 1. The lowest BCUT2D eigenvalue weighted by molar-refractivity contribution is 0.0903. The summed E-state index contributed by atoms with van der Waals surface area (Å²) in [5.74, 6) is -0.382. The molecule has 1 amide bonds. The van der Waals surface area contributed by atoms with Gasteiger partial charge in [-0.3, -0.25) is 4.79 Å². The van der Waals surface area contributed by atoms with E-state index >= 15 is 4.39 Å². The number of amides is 1. The molecule has 0 spiro atoms. The van der Waals surface area contributed by atoms with Gasteiger partial charge in [-0.2, -0.15) is 5.10 Å². The van der Waals surface area contributed by atoms with Crippen LogP contribution in [-0.4, -0.2) is 34.9 Å². The number of hydrogen-bond acceptors (Lipinski definition) is 4. The number of benzene rings is 1. The normalized spacial score (nSPS) is 20.7. The molecule has 0 atom stereocenters. The molecule has 2 heterocycles. The van der Waals surface area contributed by atoms with Crippen LogP contribution in [0.1, 0.15) is 73.3 Å². The maximum atomic E-state index is 16.0. The average molecular weight is 441 g/mol. The molecule has 5 rings (SSSR count). The van der Waals surface area contributed by atoms with E-state index in [1.165, 1.54) is 18.4 Å². The molecule has 1 aromatic carbocycles. The predicted octanol–water partition coefficient (Wildman–Crippen LogP) is 4.17. The monoisotopic (exact) mass is 440 g/mol. The lowest BCUT2D eigenvalue weighted by Crippen LogP contribution is -2.30. The standard InChI is InChI=1S/C25H33FN4O2/c1-25(2)10-7-17-19(13-15-3-4-15)29-30(21(17)14-25)20-6-5-18(24(27)31)23(22(20)26)28-16-8-11-32-12-9-16/h5-6,15-16,28H,3-4,7-14H2,1-2H3,(H2,27,31). The van der Waals surface area contributed by atoms with Crippen LogP contribution in [0, 0.1) is 17.2 Å². The number of rotatable bonds is 6. The maximum Gasteiger partial charge on any atom is 0.250 e. The van der Waals surface area contributed by atoms with Gasteiger partial charge in [0.1, 0.15) is 5.69 Å². The Bertz CT molecular complexity index is 1040. The van der Waals surface area contributed by atoms with E-state index in [1.54, 1.807) is 12.1 Å². The fraction of sp³-hybridized carbons (Fsp3) is 0.600. The first-order valence-corrected chi connectivity index (χ1v) is 11.9. The summed E-state index contributed by atoms with van der Waals surface area (Å²) < 4.78 is 23.2. The second kappa shape index (κ2) is 8.18. The van der Waals surface area contributed by atoms with Gasteiger partial charge in [0.05, 0.1) is 16.9 Å². The summed E-state index contributed by atoms with van der Waals surface area (Å²) in [6, 6.07) is 3.33.